The maximum absolute atomic E-state index is 12.9. The number of morpholine rings is 1. The Labute approximate surface area is 124 Å². The molecule has 1 aliphatic rings. The molecule has 0 unspecified atom stereocenters. The summed E-state index contributed by atoms with van der Waals surface area (Å²) >= 11 is 6.01. The van der Waals surface area contributed by atoms with Gasteiger partial charge in [-0.25, -0.2) is 0 Å². The average Bonchev–Trinajstić information content (AvgIpc) is 2.47. The van der Waals surface area contributed by atoms with Crippen molar-refractivity contribution in [3.63, 3.8) is 0 Å². The minimum atomic E-state index is -0.609. The van der Waals surface area contributed by atoms with Gasteiger partial charge in [-0.05, 0) is 32.0 Å². The molecule has 5 heteroatoms. The first kappa shape index (κ1) is 15.3. The van der Waals surface area contributed by atoms with Gasteiger partial charge in [0.15, 0.2) is 5.78 Å². The highest BCUT2D eigenvalue weighted by atomic mass is 35.5. The van der Waals surface area contributed by atoms with Gasteiger partial charge in [-0.3, -0.25) is 9.69 Å². The Morgan fingerprint density at radius 1 is 1.35 bits per heavy atom. The molecular weight excluding hydrogens is 278 g/mol. The summed E-state index contributed by atoms with van der Waals surface area (Å²) in [5.41, 5.74) is -0.0849. The van der Waals surface area contributed by atoms with E-state index in [1.807, 2.05) is 13.8 Å². The van der Waals surface area contributed by atoms with E-state index in [0.29, 0.717) is 29.5 Å². The molecule has 1 heterocycles. The highest BCUT2D eigenvalue weighted by Gasteiger charge is 2.37. The molecule has 1 fully saturated rings. The molecule has 0 N–H and O–H groups in total. The maximum Gasteiger partial charge on any atom is 0.186 e. The summed E-state index contributed by atoms with van der Waals surface area (Å²) in [4.78, 5) is 15.0. The van der Waals surface area contributed by atoms with Crippen molar-refractivity contribution in [1.29, 1.82) is 0 Å². The van der Waals surface area contributed by atoms with E-state index in [-0.39, 0.29) is 5.78 Å². The largest absolute Gasteiger partial charge is 0.496 e. The van der Waals surface area contributed by atoms with Crippen molar-refractivity contribution in [3.8, 4) is 5.75 Å². The van der Waals surface area contributed by atoms with Crippen LogP contribution in [0.25, 0.3) is 0 Å². The van der Waals surface area contributed by atoms with Gasteiger partial charge < -0.3 is 9.47 Å². The van der Waals surface area contributed by atoms with Crippen LogP contribution in [-0.4, -0.2) is 49.6 Å². The monoisotopic (exact) mass is 297 g/mol. The van der Waals surface area contributed by atoms with Crippen molar-refractivity contribution in [3.05, 3.63) is 28.8 Å². The van der Waals surface area contributed by atoms with Gasteiger partial charge in [-0.1, -0.05) is 11.6 Å². The van der Waals surface area contributed by atoms with Crippen LogP contribution in [0.1, 0.15) is 24.2 Å². The van der Waals surface area contributed by atoms with Gasteiger partial charge >= 0.3 is 0 Å². The normalized spacial score (nSPS) is 17.0. The number of nitrogens with zero attached hydrogens (tertiary/aromatic N) is 1. The van der Waals surface area contributed by atoms with E-state index in [1.165, 1.54) is 0 Å². The number of Topliss-reactive ketones (excluding diaryl/α,β-unsaturated/α-hetero) is 1. The number of benzene rings is 1. The lowest BCUT2D eigenvalue weighted by molar-refractivity contribution is -0.00438. The topological polar surface area (TPSA) is 38.8 Å². The lowest BCUT2D eigenvalue weighted by Crippen LogP contribution is -2.54. The van der Waals surface area contributed by atoms with E-state index >= 15 is 0 Å². The summed E-state index contributed by atoms with van der Waals surface area (Å²) in [6.07, 6.45) is 0. The molecule has 0 aliphatic carbocycles. The van der Waals surface area contributed by atoms with Gasteiger partial charge in [0.25, 0.3) is 0 Å². The highest BCUT2D eigenvalue weighted by Crippen LogP contribution is 2.29. The standard InChI is InChI=1S/C15H20ClNO3/c1-15(2,17-6-8-20-9-7-17)14(18)12-10-11(16)4-5-13(12)19-3/h4-5,10H,6-9H2,1-3H3. The fraction of sp³-hybridized carbons (Fsp3) is 0.533. The van der Waals surface area contributed by atoms with E-state index in [4.69, 9.17) is 21.1 Å². The molecule has 4 nitrogen and oxygen atoms in total. The van der Waals surface area contributed by atoms with Crippen molar-refractivity contribution in [2.45, 2.75) is 19.4 Å². The molecule has 0 bridgehead atoms. The fourth-order valence-electron chi connectivity index (χ4n) is 2.45. The zero-order valence-corrected chi connectivity index (χ0v) is 12.9. The Balaban J connectivity index is 2.31. The van der Waals surface area contributed by atoms with Crippen LogP contribution in [0.15, 0.2) is 18.2 Å². The van der Waals surface area contributed by atoms with Crippen molar-refractivity contribution < 1.29 is 14.3 Å². The summed E-state index contributed by atoms with van der Waals surface area (Å²) < 4.78 is 10.6. The van der Waals surface area contributed by atoms with Crippen LogP contribution in [0.5, 0.6) is 5.75 Å². The van der Waals surface area contributed by atoms with E-state index in [2.05, 4.69) is 4.90 Å². The number of methoxy groups -OCH3 is 1. The van der Waals surface area contributed by atoms with Crippen LogP contribution in [0, 0.1) is 0 Å². The van der Waals surface area contributed by atoms with Gasteiger partial charge in [0.05, 0.1) is 31.4 Å². The van der Waals surface area contributed by atoms with Crippen molar-refractivity contribution in [2.24, 2.45) is 0 Å². The molecule has 0 radical (unpaired) electrons. The number of hydrogen-bond donors (Lipinski definition) is 0. The van der Waals surface area contributed by atoms with Crippen LogP contribution in [0.3, 0.4) is 0 Å². The Kier molecular flexibility index (Phi) is 4.68. The van der Waals surface area contributed by atoms with Crippen molar-refractivity contribution in [2.75, 3.05) is 33.4 Å². The molecule has 0 atom stereocenters. The SMILES string of the molecule is COc1ccc(Cl)cc1C(=O)C(C)(C)N1CCOCC1. The Hall–Kier alpha value is -1.10. The third-order valence-corrected chi connectivity index (χ3v) is 4.00. The summed E-state index contributed by atoms with van der Waals surface area (Å²) in [5, 5.41) is 0.534. The number of carbonyl (C=O) groups excluding carboxylic acids is 1. The maximum atomic E-state index is 12.9. The van der Waals surface area contributed by atoms with Crippen molar-refractivity contribution >= 4 is 17.4 Å². The van der Waals surface area contributed by atoms with Crippen molar-refractivity contribution in [1.82, 2.24) is 4.90 Å². The minimum absolute atomic E-state index is 0.0127. The first-order valence-electron chi connectivity index (χ1n) is 6.68. The molecule has 1 saturated heterocycles. The summed E-state index contributed by atoms with van der Waals surface area (Å²) in [5.74, 6) is 0.569. The smallest absolute Gasteiger partial charge is 0.186 e. The van der Waals surface area contributed by atoms with Gasteiger partial charge in [0, 0.05) is 18.1 Å². The number of ketones is 1. The van der Waals surface area contributed by atoms with E-state index in [9.17, 15) is 4.79 Å². The van der Waals surface area contributed by atoms with Gasteiger partial charge in [-0.15, -0.1) is 0 Å². The predicted octanol–water partition coefficient (Wildman–Crippen LogP) is 2.64. The molecule has 0 spiro atoms. The number of carbonyl (C=O) groups is 1. The summed E-state index contributed by atoms with van der Waals surface area (Å²) in [6.45, 7) is 6.68. The molecule has 0 amide bonds. The first-order chi connectivity index (χ1) is 9.46. The molecule has 20 heavy (non-hydrogen) atoms. The van der Waals surface area contributed by atoms with Gasteiger partial charge in [-0.2, -0.15) is 0 Å². The first-order valence-corrected chi connectivity index (χ1v) is 7.05. The van der Waals surface area contributed by atoms with Gasteiger partial charge in [0.2, 0.25) is 0 Å². The average molecular weight is 298 g/mol. The number of hydrogen-bond acceptors (Lipinski definition) is 4. The second kappa shape index (κ2) is 6.12. The number of halogens is 1. The Morgan fingerprint density at radius 3 is 2.60 bits per heavy atom. The lowest BCUT2D eigenvalue weighted by atomic mass is 9.90. The quantitative estimate of drug-likeness (QED) is 0.801. The molecule has 1 aromatic carbocycles. The highest BCUT2D eigenvalue weighted by molar-refractivity contribution is 6.31. The zero-order chi connectivity index (χ0) is 14.8. The molecule has 0 saturated carbocycles. The molecule has 0 aromatic heterocycles. The summed E-state index contributed by atoms with van der Waals surface area (Å²) in [6, 6.07) is 5.12. The zero-order valence-electron chi connectivity index (χ0n) is 12.1. The van der Waals surface area contributed by atoms with E-state index < -0.39 is 5.54 Å². The number of ether oxygens (including phenoxy) is 2. The van der Waals surface area contributed by atoms with Gasteiger partial charge in [0.1, 0.15) is 5.75 Å². The van der Waals surface area contributed by atoms with E-state index in [1.54, 1.807) is 25.3 Å². The summed E-state index contributed by atoms with van der Waals surface area (Å²) in [7, 11) is 1.56. The van der Waals surface area contributed by atoms with E-state index in [0.717, 1.165) is 13.1 Å². The van der Waals surface area contributed by atoms with Crippen LogP contribution < -0.4 is 4.74 Å². The predicted molar refractivity (Wildman–Crippen MR) is 78.8 cm³/mol. The number of rotatable bonds is 4. The molecule has 110 valence electrons. The molecule has 1 aromatic rings. The van der Waals surface area contributed by atoms with Crippen LogP contribution in [0.2, 0.25) is 5.02 Å². The Bertz CT molecular complexity index is 496. The third-order valence-electron chi connectivity index (χ3n) is 3.76. The van der Waals surface area contributed by atoms with Crippen LogP contribution >= 0.6 is 11.6 Å². The Morgan fingerprint density at radius 2 is 2.00 bits per heavy atom. The lowest BCUT2D eigenvalue weighted by Gasteiger charge is -2.39. The third kappa shape index (κ3) is 2.97. The fourth-order valence-corrected chi connectivity index (χ4v) is 2.63. The second-order valence-corrected chi connectivity index (χ2v) is 5.77. The molecule has 1 aliphatic heterocycles. The van der Waals surface area contributed by atoms with Crippen LogP contribution in [-0.2, 0) is 4.74 Å². The minimum Gasteiger partial charge on any atom is -0.496 e. The second-order valence-electron chi connectivity index (χ2n) is 5.33. The van der Waals surface area contributed by atoms with Crippen LogP contribution in [0.4, 0.5) is 0 Å². The molecule has 2 rings (SSSR count). The molecular formula is C15H20ClNO3.